The number of ether oxygens (including phenoxy) is 2. The molecule has 1 aromatic rings. The predicted molar refractivity (Wildman–Crippen MR) is 82.1 cm³/mol. The second-order valence-electron chi connectivity index (χ2n) is 5.07. The average molecular weight is 441 g/mol. The summed E-state index contributed by atoms with van der Waals surface area (Å²) in [6.45, 7) is 2.78. The first-order valence-electron chi connectivity index (χ1n) is 6.30. The third-order valence-electron chi connectivity index (χ3n) is 2.77. The van der Waals surface area contributed by atoms with E-state index in [-0.39, 0.29) is 9.26 Å². The lowest BCUT2D eigenvalue weighted by Gasteiger charge is -2.29. The van der Waals surface area contributed by atoms with Crippen LogP contribution < -0.4 is 5.32 Å². The molecule has 1 aliphatic heterocycles. The predicted octanol–water partition coefficient (Wildman–Crippen LogP) is 3.44. The summed E-state index contributed by atoms with van der Waals surface area (Å²) in [5.74, 6) is -3.21. The van der Waals surface area contributed by atoms with E-state index < -0.39 is 35.0 Å². The molecule has 0 unspecified atom stereocenters. The second kappa shape index (κ2) is 6.02. The highest BCUT2D eigenvalue weighted by Gasteiger charge is 2.39. The van der Waals surface area contributed by atoms with Crippen LogP contribution in [0.4, 0.5) is 18.9 Å². The van der Waals surface area contributed by atoms with Gasteiger partial charge in [-0.05, 0) is 40.8 Å². The van der Waals surface area contributed by atoms with Gasteiger partial charge in [-0.1, -0.05) is 0 Å². The molecule has 124 valence electrons. The van der Waals surface area contributed by atoms with Crippen LogP contribution in [0.15, 0.2) is 30.0 Å². The molecule has 0 aromatic heterocycles. The second-order valence-corrected chi connectivity index (χ2v) is 6.24. The number of rotatable bonds is 2. The molecule has 5 nitrogen and oxygen atoms in total. The number of hydrogen-bond acceptors (Lipinski definition) is 5. The van der Waals surface area contributed by atoms with Gasteiger partial charge in [-0.2, -0.15) is 13.2 Å². The highest BCUT2D eigenvalue weighted by molar-refractivity contribution is 14.1. The van der Waals surface area contributed by atoms with Crippen LogP contribution in [0.25, 0.3) is 0 Å². The fourth-order valence-electron chi connectivity index (χ4n) is 1.77. The van der Waals surface area contributed by atoms with Crippen LogP contribution in [0.1, 0.15) is 19.4 Å². The summed E-state index contributed by atoms with van der Waals surface area (Å²) in [7, 11) is 0. The van der Waals surface area contributed by atoms with E-state index in [0.29, 0.717) is 0 Å². The van der Waals surface area contributed by atoms with Crippen molar-refractivity contribution in [3.05, 3.63) is 39.1 Å². The topological polar surface area (TPSA) is 64.6 Å². The van der Waals surface area contributed by atoms with Crippen LogP contribution in [0, 0.1) is 3.57 Å². The number of hydrogen-bond donors (Lipinski definition) is 1. The van der Waals surface area contributed by atoms with Crippen molar-refractivity contribution in [3.63, 3.8) is 0 Å². The Balaban J connectivity index is 2.24. The minimum Gasteiger partial charge on any atom is -0.419 e. The minimum atomic E-state index is -4.51. The molecule has 9 heteroatoms. The molecule has 0 radical (unpaired) electrons. The van der Waals surface area contributed by atoms with E-state index in [1.54, 1.807) is 22.6 Å². The molecule has 2 rings (SSSR count). The number of alkyl halides is 3. The SMILES string of the molecule is CC1(C)OC(=O)C(=CNc2ccc(I)c(C(F)(F)F)c2)C(=O)O1. The van der Waals surface area contributed by atoms with E-state index in [9.17, 15) is 22.8 Å². The Morgan fingerprint density at radius 2 is 1.74 bits per heavy atom. The Morgan fingerprint density at radius 1 is 1.17 bits per heavy atom. The molecular weight excluding hydrogens is 430 g/mol. The van der Waals surface area contributed by atoms with Crippen molar-refractivity contribution in [3.8, 4) is 0 Å². The van der Waals surface area contributed by atoms with E-state index in [4.69, 9.17) is 9.47 Å². The molecule has 0 atom stereocenters. The van der Waals surface area contributed by atoms with Gasteiger partial charge < -0.3 is 14.8 Å². The molecule has 0 aliphatic carbocycles. The number of esters is 2. The first-order chi connectivity index (χ1) is 10.5. The molecule has 0 amide bonds. The number of cyclic esters (lactones) is 2. The summed E-state index contributed by atoms with van der Waals surface area (Å²) in [6.07, 6.45) is -3.55. The zero-order valence-electron chi connectivity index (χ0n) is 12.0. The van der Waals surface area contributed by atoms with E-state index >= 15 is 0 Å². The fourth-order valence-corrected chi connectivity index (χ4v) is 2.41. The van der Waals surface area contributed by atoms with Crippen LogP contribution in [0.2, 0.25) is 0 Å². The number of halogens is 4. The molecular formula is C14H11F3INO4. The summed E-state index contributed by atoms with van der Waals surface area (Å²) in [6, 6.07) is 3.53. The van der Waals surface area contributed by atoms with Gasteiger partial charge in [-0.25, -0.2) is 9.59 Å². The zero-order valence-corrected chi connectivity index (χ0v) is 14.1. The highest BCUT2D eigenvalue weighted by atomic mass is 127. The number of carbonyl (C=O) groups excluding carboxylic acids is 2. The van der Waals surface area contributed by atoms with Gasteiger partial charge in [0.1, 0.15) is 0 Å². The van der Waals surface area contributed by atoms with Gasteiger partial charge in [0.25, 0.3) is 5.79 Å². The normalized spacial score (nSPS) is 17.4. The monoisotopic (exact) mass is 441 g/mol. The Morgan fingerprint density at radius 3 is 2.26 bits per heavy atom. The van der Waals surface area contributed by atoms with Crippen molar-refractivity contribution in [2.45, 2.75) is 25.8 Å². The standard InChI is InChI=1S/C14H11F3INO4/c1-13(2)22-11(20)8(12(21)23-13)6-19-7-3-4-10(18)9(5-7)14(15,16)17/h3-6,19H,1-2H3. The van der Waals surface area contributed by atoms with Crippen molar-refractivity contribution in [1.29, 1.82) is 0 Å². The summed E-state index contributed by atoms with van der Waals surface area (Å²) in [4.78, 5) is 23.4. The molecule has 1 saturated heterocycles. The van der Waals surface area contributed by atoms with E-state index in [1.807, 2.05) is 0 Å². The quantitative estimate of drug-likeness (QED) is 0.330. The van der Waals surface area contributed by atoms with E-state index in [2.05, 4.69) is 5.32 Å². The highest BCUT2D eigenvalue weighted by Crippen LogP contribution is 2.34. The Bertz CT molecular complexity index is 676. The minimum absolute atomic E-state index is 0.0338. The van der Waals surface area contributed by atoms with Gasteiger partial charge in [0.15, 0.2) is 5.57 Å². The maximum atomic E-state index is 12.8. The summed E-state index contributed by atoms with van der Waals surface area (Å²) in [5.41, 5.74) is -1.19. The number of nitrogens with one attached hydrogen (secondary N) is 1. The van der Waals surface area contributed by atoms with Crippen LogP contribution in [-0.2, 0) is 25.2 Å². The summed E-state index contributed by atoms with van der Waals surface area (Å²) in [5, 5.41) is 2.48. The third kappa shape index (κ3) is 4.15. The van der Waals surface area contributed by atoms with Gasteiger partial charge >= 0.3 is 18.1 Å². The molecule has 0 spiro atoms. The largest absolute Gasteiger partial charge is 0.419 e. The Labute approximate surface area is 143 Å². The van der Waals surface area contributed by atoms with Gasteiger partial charge in [-0.15, -0.1) is 0 Å². The van der Waals surface area contributed by atoms with Gasteiger partial charge in [-0.3, -0.25) is 0 Å². The average Bonchev–Trinajstić information content (AvgIpc) is 2.36. The van der Waals surface area contributed by atoms with E-state index in [1.165, 1.54) is 26.0 Å². The summed E-state index contributed by atoms with van der Waals surface area (Å²) >= 11 is 1.57. The Hall–Kier alpha value is -1.78. The number of carbonyl (C=O) groups is 2. The van der Waals surface area contributed by atoms with Gasteiger partial charge in [0, 0.05) is 29.3 Å². The first kappa shape index (κ1) is 17.6. The maximum Gasteiger partial charge on any atom is 0.417 e. The van der Waals surface area contributed by atoms with E-state index in [0.717, 1.165) is 12.3 Å². The first-order valence-corrected chi connectivity index (χ1v) is 7.37. The lowest BCUT2D eigenvalue weighted by Crippen LogP contribution is -2.42. The van der Waals surface area contributed by atoms with Gasteiger partial charge in [0.2, 0.25) is 0 Å². The third-order valence-corrected chi connectivity index (χ3v) is 3.71. The van der Waals surface area contributed by atoms with Crippen molar-refractivity contribution in [2.24, 2.45) is 0 Å². The maximum absolute atomic E-state index is 12.8. The number of anilines is 1. The zero-order chi connectivity index (χ0) is 17.4. The molecule has 1 aromatic carbocycles. The van der Waals surface area contributed by atoms with Crippen molar-refractivity contribution < 1.29 is 32.2 Å². The van der Waals surface area contributed by atoms with Gasteiger partial charge in [0.05, 0.1) is 5.56 Å². The molecule has 1 fully saturated rings. The molecule has 1 heterocycles. The molecule has 1 aliphatic rings. The molecule has 1 N–H and O–H groups in total. The molecule has 23 heavy (non-hydrogen) atoms. The lowest BCUT2D eigenvalue weighted by atomic mass is 10.2. The van der Waals surface area contributed by atoms with Crippen LogP contribution >= 0.6 is 22.6 Å². The van der Waals surface area contributed by atoms with Crippen molar-refractivity contribution in [2.75, 3.05) is 5.32 Å². The summed E-state index contributed by atoms with van der Waals surface area (Å²) < 4.78 is 48.3. The smallest absolute Gasteiger partial charge is 0.417 e. The number of benzene rings is 1. The van der Waals surface area contributed by atoms with Crippen LogP contribution in [0.5, 0.6) is 0 Å². The lowest BCUT2D eigenvalue weighted by molar-refractivity contribution is -0.222. The molecule has 0 bridgehead atoms. The van der Waals surface area contributed by atoms with Crippen molar-refractivity contribution >= 4 is 40.2 Å². The van der Waals surface area contributed by atoms with Crippen molar-refractivity contribution in [1.82, 2.24) is 0 Å². The molecule has 0 saturated carbocycles. The Kier molecular flexibility index (Phi) is 4.60. The fraction of sp³-hybridized carbons (Fsp3) is 0.286. The van der Waals surface area contributed by atoms with Crippen LogP contribution in [0.3, 0.4) is 0 Å². The van der Waals surface area contributed by atoms with Crippen LogP contribution in [-0.4, -0.2) is 17.7 Å².